The van der Waals surface area contributed by atoms with Gasteiger partial charge in [0.25, 0.3) is 0 Å². The molecule has 1 aromatic carbocycles. The zero-order chi connectivity index (χ0) is 15.7. The van der Waals surface area contributed by atoms with E-state index in [4.69, 9.17) is 15.2 Å². The van der Waals surface area contributed by atoms with E-state index in [1.54, 1.807) is 12.0 Å². The van der Waals surface area contributed by atoms with Crippen molar-refractivity contribution in [1.29, 1.82) is 0 Å². The predicted octanol–water partition coefficient (Wildman–Crippen LogP) is 2.93. The van der Waals surface area contributed by atoms with Crippen LogP contribution in [-0.2, 0) is 4.74 Å². The summed E-state index contributed by atoms with van der Waals surface area (Å²) in [6, 6.07) is 7.40. The van der Waals surface area contributed by atoms with Crippen molar-refractivity contribution in [1.82, 2.24) is 0 Å². The summed E-state index contributed by atoms with van der Waals surface area (Å²) in [5.41, 5.74) is 6.01. The van der Waals surface area contributed by atoms with E-state index in [0.29, 0.717) is 18.0 Å². The van der Waals surface area contributed by atoms with Crippen molar-refractivity contribution >= 4 is 11.8 Å². The number of hydrogen-bond acceptors (Lipinski definition) is 4. The summed E-state index contributed by atoms with van der Waals surface area (Å²) < 4.78 is 10.9. The van der Waals surface area contributed by atoms with E-state index in [9.17, 15) is 4.79 Å². The second-order valence-electron chi connectivity index (χ2n) is 6.60. The van der Waals surface area contributed by atoms with E-state index in [2.05, 4.69) is 0 Å². The number of para-hydroxylation sites is 2. The summed E-state index contributed by atoms with van der Waals surface area (Å²) in [7, 11) is 1.58. The highest BCUT2D eigenvalue weighted by atomic mass is 16.6. The van der Waals surface area contributed by atoms with Crippen LogP contribution in [0.1, 0.15) is 33.6 Å². The highest BCUT2D eigenvalue weighted by Gasteiger charge is 2.42. The van der Waals surface area contributed by atoms with Crippen LogP contribution in [0.4, 0.5) is 10.5 Å². The lowest BCUT2D eigenvalue weighted by Gasteiger charge is -2.30. The molecule has 5 heteroatoms. The standard InChI is InChI=1S/C16H24N2O3/c1-15(2,3)21-14(19)18(11-16(17)9-10-16)12-7-5-6-8-13(12)20-4/h5-8H,9-11,17H2,1-4H3. The Labute approximate surface area is 126 Å². The number of nitrogens with two attached hydrogens (primary N) is 1. The third-order valence-corrected chi connectivity index (χ3v) is 3.36. The number of carbonyl (C=O) groups excluding carboxylic acids is 1. The van der Waals surface area contributed by atoms with Gasteiger partial charge in [0.2, 0.25) is 0 Å². The molecule has 0 saturated heterocycles. The Morgan fingerprint density at radius 1 is 1.33 bits per heavy atom. The molecular weight excluding hydrogens is 268 g/mol. The predicted molar refractivity (Wildman–Crippen MR) is 82.7 cm³/mol. The maximum Gasteiger partial charge on any atom is 0.414 e. The van der Waals surface area contributed by atoms with Gasteiger partial charge in [0.15, 0.2) is 0 Å². The Bertz CT molecular complexity index is 518. The van der Waals surface area contributed by atoms with E-state index in [1.807, 2.05) is 45.0 Å². The Balaban J connectivity index is 2.29. The van der Waals surface area contributed by atoms with Crippen LogP contribution in [-0.4, -0.2) is 30.9 Å². The number of hydrogen-bond donors (Lipinski definition) is 1. The Morgan fingerprint density at radius 3 is 2.48 bits per heavy atom. The van der Waals surface area contributed by atoms with Gasteiger partial charge in [0, 0.05) is 12.1 Å². The fourth-order valence-corrected chi connectivity index (χ4v) is 2.05. The molecule has 0 heterocycles. The quantitative estimate of drug-likeness (QED) is 0.926. The van der Waals surface area contributed by atoms with Crippen molar-refractivity contribution in [2.24, 2.45) is 5.73 Å². The lowest BCUT2D eigenvalue weighted by Crippen LogP contribution is -2.45. The smallest absolute Gasteiger partial charge is 0.414 e. The normalized spacial score (nSPS) is 16.2. The molecule has 2 rings (SSSR count). The van der Waals surface area contributed by atoms with Crippen molar-refractivity contribution in [2.75, 3.05) is 18.6 Å². The molecule has 0 aromatic heterocycles. The highest BCUT2D eigenvalue weighted by molar-refractivity contribution is 5.90. The number of carbonyl (C=O) groups is 1. The van der Waals surface area contributed by atoms with Crippen LogP contribution in [0.3, 0.4) is 0 Å². The minimum atomic E-state index is -0.553. The third-order valence-electron chi connectivity index (χ3n) is 3.36. The van der Waals surface area contributed by atoms with Gasteiger partial charge in [-0.25, -0.2) is 4.79 Å². The zero-order valence-electron chi connectivity index (χ0n) is 13.2. The Hall–Kier alpha value is -1.75. The fourth-order valence-electron chi connectivity index (χ4n) is 2.05. The van der Waals surface area contributed by atoms with Crippen LogP contribution in [0.25, 0.3) is 0 Å². The first kappa shape index (κ1) is 15.6. The largest absolute Gasteiger partial charge is 0.495 e. The first-order chi connectivity index (χ1) is 9.74. The van der Waals surface area contributed by atoms with Crippen LogP contribution in [0, 0.1) is 0 Å². The molecule has 1 aliphatic rings. The molecule has 2 N–H and O–H groups in total. The van der Waals surface area contributed by atoms with Crippen LogP contribution in [0.5, 0.6) is 5.75 Å². The van der Waals surface area contributed by atoms with Crippen LogP contribution in [0.15, 0.2) is 24.3 Å². The monoisotopic (exact) mass is 292 g/mol. The second kappa shape index (κ2) is 5.56. The third kappa shape index (κ3) is 4.11. The van der Waals surface area contributed by atoms with Gasteiger partial charge in [-0.2, -0.15) is 0 Å². The van der Waals surface area contributed by atoms with E-state index < -0.39 is 11.7 Å². The first-order valence-corrected chi connectivity index (χ1v) is 7.16. The van der Waals surface area contributed by atoms with Gasteiger partial charge in [-0.05, 0) is 45.7 Å². The highest BCUT2D eigenvalue weighted by Crippen LogP contribution is 2.37. The maximum absolute atomic E-state index is 12.5. The van der Waals surface area contributed by atoms with Gasteiger partial charge in [-0.15, -0.1) is 0 Å². The molecule has 0 radical (unpaired) electrons. The number of anilines is 1. The van der Waals surface area contributed by atoms with Crippen molar-refractivity contribution in [3.8, 4) is 5.75 Å². The molecule has 0 spiro atoms. The van der Waals surface area contributed by atoms with E-state index in [0.717, 1.165) is 12.8 Å². The van der Waals surface area contributed by atoms with Gasteiger partial charge < -0.3 is 15.2 Å². The Morgan fingerprint density at radius 2 is 1.95 bits per heavy atom. The second-order valence-corrected chi connectivity index (χ2v) is 6.60. The summed E-state index contributed by atoms with van der Waals surface area (Å²) in [5.74, 6) is 0.632. The molecular formula is C16H24N2O3. The minimum absolute atomic E-state index is 0.308. The molecule has 1 fully saturated rings. The Kier molecular flexibility index (Phi) is 4.14. The van der Waals surface area contributed by atoms with E-state index >= 15 is 0 Å². The number of ether oxygens (including phenoxy) is 2. The average molecular weight is 292 g/mol. The summed E-state index contributed by atoms with van der Waals surface area (Å²) in [6.45, 7) is 5.98. The number of benzene rings is 1. The van der Waals surface area contributed by atoms with Gasteiger partial charge in [0.1, 0.15) is 11.4 Å². The molecule has 0 unspecified atom stereocenters. The summed E-state index contributed by atoms with van der Waals surface area (Å²) in [5, 5.41) is 0. The average Bonchev–Trinajstić information content (AvgIpc) is 3.12. The number of nitrogens with zero attached hydrogens (tertiary/aromatic N) is 1. The molecule has 0 atom stereocenters. The number of rotatable bonds is 4. The number of amides is 1. The first-order valence-electron chi connectivity index (χ1n) is 7.16. The summed E-state index contributed by atoms with van der Waals surface area (Å²) in [4.78, 5) is 14.1. The van der Waals surface area contributed by atoms with Gasteiger partial charge in [0.05, 0.1) is 12.8 Å². The maximum atomic E-state index is 12.5. The molecule has 21 heavy (non-hydrogen) atoms. The molecule has 1 aliphatic carbocycles. The molecule has 0 aliphatic heterocycles. The van der Waals surface area contributed by atoms with Crippen LogP contribution in [0.2, 0.25) is 0 Å². The fraction of sp³-hybridized carbons (Fsp3) is 0.562. The molecule has 116 valence electrons. The molecule has 0 bridgehead atoms. The summed E-state index contributed by atoms with van der Waals surface area (Å²) in [6.07, 6.45) is 1.44. The topological polar surface area (TPSA) is 64.8 Å². The van der Waals surface area contributed by atoms with Crippen LogP contribution >= 0.6 is 0 Å². The lowest BCUT2D eigenvalue weighted by molar-refractivity contribution is 0.0576. The minimum Gasteiger partial charge on any atom is -0.495 e. The van der Waals surface area contributed by atoms with Gasteiger partial charge in [-0.3, -0.25) is 4.90 Å². The van der Waals surface area contributed by atoms with E-state index in [-0.39, 0.29) is 5.54 Å². The van der Waals surface area contributed by atoms with Gasteiger partial charge >= 0.3 is 6.09 Å². The summed E-state index contributed by atoms with van der Waals surface area (Å²) >= 11 is 0. The molecule has 5 nitrogen and oxygen atoms in total. The number of methoxy groups -OCH3 is 1. The zero-order valence-corrected chi connectivity index (χ0v) is 13.2. The molecule has 1 saturated carbocycles. The van der Waals surface area contributed by atoms with Gasteiger partial charge in [-0.1, -0.05) is 12.1 Å². The van der Waals surface area contributed by atoms with E-state index in [1.165, 1.54) is 0 Å². The van der Waals surface area contributed by atoms with Crippen LogP contribution < -0.4 is 15.4 Å². The van der Waals surface area contributed by atoms with Crippen molar-refractivity contribution < 1.29 is 14.3 Å². The SMILES string of the molecule is COc1ccccc1N(CC1(N)CC1)C(=O)OC(C)(C)C. The van der Waals surface area contributed by atoms with Crippen molar-refractivity contribution in [2.45, 2.75) is 44.8 Å². The molecule has 1 aromatic rings. The molecule has 1 amide bonds. The van der Waals surface area contributed by atoms with Crippen molar-refractivity contribution in [3.63, 3.8) is 0 Å². The lowest BCUT2D eigenvalue weighted by atomic mass is 10.2. The van der Waals surface area contributed by atoms with Crippen molar-refractivity contribution in [3.05, 3.63) is 24.3 Å².